The molecule has 3 rings (SSSR count). The lowest BCUT2D eigenvalue weighted by Crippen LogP contribution is -2.18. The number of aryl methyl sites for hydroxylation is 2. The highest BCUT2D eigenvalue weighted by molar-refractivity contribution is 5.50. The maximum atomic E-state index is 12.5. The second-order valence-corrected chi connectivity index (χ2v) is 5.16. The molecule has 124 valence electrons. The third kappa shape index (κ3) is 3.70. The molecule has 0 atom stereocenters. The SMILES string of the molecule is O=c1cc(-c2nnc(C(F)F)o2)ccn1CCCc1cccnc1. The molecule has 0 saturated carbocycles. The Bertz CT molecular complexity index is 862. The predicted octanol–water partition coefficient (Wildman–Crippen LogP) is 2.86. The van der Waals surface area contributed by atoms with Crippen molar-refractivity contribution in [2.45, 2.75) is 25.8 Å². The zero-order valence-electron chi connectivity index (χ0n) is 12.6. The van der Waals surface area contributed by atoms with Gasteiger partial charge in [0.05, 0.1) is 0 Å². The summed E-state index contributed by atoms with van der Waals surface area (Å²) in [4.78, 5) is 16.2. The normalized spacial score (nSPS) is 11.1. The van der Waals surface area contributed by atoms with E-state index in [0.29, 0.717) is 12.1 Å². The Morgan fingerprint density at radius 3 is 2.79 bits per heavy atom. The fourth-order valence-electron chi connectivity index (χ4n) is 2.26. The average molecular weight is 332 g/mol. The minimum atomic E-state index is -2.83. The number of halogens is 2. The van der Waals surface area contributed by atoms with Gasteiger partial charge < -0.3 is 8.98 Å². The molecule has 0 aliphatic carbocycles. The van der Waals surface area contributed by atoms with Crippen LogP contribution in [0.1, 0.15) is 24.3 Å². The third-order valence-corrected chi connectivity index (χ3v) is 3.46. The van der Waals surface area contributed by atoms with Gasteiger partial charge in [0.15, 0.2) is 0 Å². The number of rotatable bonds is 6. The molecular weight excluding hydrogens is 318 g/mol. The Morgan fingerprint density at radius 2 is 2.12 bits per heavy atom. The van der Waals surface area contributed by atoms with Crippen molar-refractivity contribution in [2.24, 2.45) is 0 Å². The van der Waals surface area contributed by atoms with Crippen LogP contribution in [0.2, 0.25) is 0 Å². The highest BCUT2D eigenvalue weighted by atomic mass is 19.3. The number of hydrogen-bond acceptors (Lipinski definition) is 5. The summed E-state index contributed by atoms with van der Waals surface area (Å²) in [6, 6.07) is 6.74. The zero-order chi connectivity index (χ0) is 16.9. The van der Waals surface area contributed by atoms with Gasteiger partial charge in [0.25, 0.3) is 11.4 Å². The Labute approximate surface area is 135 Å². The van der Waals surface area contributed by atoms with Crippen molar-refractivity contribution in [3.05, 3.63) is 64.7 Å². The molecule has 0 aromatic carbocycles. The molecule has 24 heavy (non-hydrogen) atoms. The lowest BCUT2D eigenvalue weighted by atomic mass is 10.1. The van der Waals surface area contributed by atoms with Crippen LogP contribution in [0.5, 0.6) is 0 Å². The maximum Gasteiger partial charge on any atom is 0.314 e. The van der Waals surface area contributed by atoms with Crippen LogP contribution in [-0.4, -0.2) is 19.7 Å². The van der Waals surface area contributed by atoms with Crippen LogP contribution >= 0.6 is 0 Å². The highest BCUT2D eigenvalue weighted by Gasteiger charge is 2.17. The monoisotopic (exact) mass is 332 g/mol. The number of aromatic nitrogens is 4. The molecule has 3 aromatic rings. The van der Waals surface area contributed by atoms with Gasteiger partial charge in [-0.05, 0) is 30.5 Å². The second kappa shape index (κ2) is 7.12. The first kappa shape index (κ1) is 16.0. The van der Waals surface area contributed by atoms with Crippen LogP contribution < -0.4 is 5.56 Å². The van der Waals surface area contributed by atoms with Gasteiger partial charge in [-0.1, -0.05) is 6.07 Å². The molecule has 3 heterocycles. The van der Waals surface area contributed by atoms with Gasteiger partial charge in [-0.25, -0.2) is 0 Å². The third-order valence-electron chi connectivity index (χ3n) is 3.46. The van der Waals surface area contributed by atoms with Gasteiger partial charge in [-0.2, -0.15) is 8.78 Å². The van der Waals surface area contributed by atoms with Crippen LogP contribution in [0.3, 0.4) is 0 Å². The van der Waals surface area contributed by atoms with Crippen molar-refractivity contribution in [1.82, 2.24) is 19.7 Å². The molecule has 6 nitrogen and oxygen atoms in total. The van der Waals surface area contributed by atoms with E-state index in [0.717, 1.165) is 18.4 Å². The largest absolute Gasteiger partial charge is 0.415 e. The molecule has 0 aliphatic heterocycles. The molecule has 0 unspecified atom stereocenters. The summed E-state index contributed by atoms with van der Waals surface area (Å²) in [5, 5.41) is 6.77. The van der Waals surface area contributed by atoms with Crippen LogP contribution in [0.25, 0.3) is 11.5 Å². The molecule has 0 aliphatic rings. The van der Waals surface area contributed by atoms with E-state index in [1.165, 1.54) is 6.07 Å². The van der Waals surface area contributed by atoms with Crippen molar-refractivity contribution >= 4 is 0 Å². The van der Waals surface area contributed by atoms with E-state index >= 15 is 0 Å². The van der Waals surface area contributed by atoms with Gasteiger partial charge in [-0.15, -0.1) is 10.2 Å². The molecule has 0 amide bonds. The highest BCUT2D eigenvalue weighted by Crippen LogP contribution is 2.22. The molecular formula is C16H14F2N4O2. The first-order valence-electron chi connectivity index (χ1n) is 7.35. The topological polar surface area (TPSA) is 73.8 Å². The number of hydrogen-bond donors (Lipinski definition) is 0. The van der Waals surface area contributed by atoms with E-state index in [9.17, 15) is 13.6 Å². The molecule has 3 aromatic heterocycles. The number of nitrogens with zero attached hydrogens (tertiary/aromatic N) is 4. The Kier molecular flexibility index (Phi) is 4.74. The average Bonchev–Trinajstić information content (AvgIpc) is 3.08. The molecule has 0 fully saturated rings. The Balaban J connectivity index is 1.67. The fourth-order valence-corrected chi connectivity index (χ4v) is 2.26. The number of alkyl halides is 2. The quantitative estimate of drug-likeness (QED) is 0.694. The van der Waals surface area contributed by atoms with Gasteiger partial charge in [0.1, 0.15) is 0 Å². The van der Waals surface area contributed by atoms with Crippen molar-refractivity contribution in [2.75, 3.05) is 0 Å². The maximum absolute atomic E-state index is 12.5. The summed E-state index contributed by atoms with van der Waals surface area (Å²) >= 11 is 0. The summed E-state index contributed by atoms with van der Waals surface area (Å²) in [6.45, 7) is 0.542. The predicted molar refractivity (Wildman–Crippen MR) is 81.5 cm³/mol. The van der Waals surface area contributed by atoms with Crippen molar-refractivity contribution < 1.29 is 13.2 Å². The summed E-state index contributed by atoms with van der Waals surface area (Å²) in [6.07, 6.45) is 3.85. The smallest absolute Gasteiger partial charge is 0.314 e. The summed E-state index contributed by atoms with van der Waals surface area (Å²) < 4.78 is 31.3. The van der Waals surface area contributed by atoms with Crippen LogP contribution in [0.4, 0.5) is 8.78 Å². The molecule has 0 saturated heterocycles. The molecule has 8 heteroatoms. The summed E-state index contributed by atoms with van der Waals surface area (Å²) in [7, 11) is 0. The van der Waals surface area contributed by atoms with Crippen molar-refractivity contribution in [3.8, 4) is 11.5 Å². The molecule has 0 bridgehead atoms. The van der Waals surface area contributed by atoms with E-state index in [-0.39, 0.29) is 11.4 Å². The zero-order valence-corrected chi connectivity index (χ0v) is 12.6. The lowest BCUT2D eigenvalue weighted by Gasteiger charge is -2.06. The van der Waals surface area contributed by atoms with Crippen LogP contribution in [0, 0.1) is 0 Å². The van der Waals surface area contributed by atoms with E-state index in [1.807, 2.05) is 12.1 Å². The molecule has 0 spiro atoms. The summed E-state index contributed by atoms with van der Waals surface area (Å²) in [5.41, 5.74) is 1.17. The Hall–Kier alpha value is -2.90. The van der Waals surface area contributed by atoms with Gasteiger partial charge in [0, 0.05) is 36.8 Å². The van der Waals surface area contributed by atoms with Gasteiger partial charge >= 0.3 is 6.43 Å². The van der Waals surface area contributed by atoms with Gasteiger partial charge in [0.2, 0.25) is 5.89 Å². The summed E-state index contributed by atoms with van der Waals surface area (Å²) in [5.74, 6) is -0.851. The van der Waals surface area contributed by atoms with Gasteiger partial charge in [-0.3, -0.25) is 9.78 Å². The first-order valence-corrected chi connectivity index (χ1v) is 7.35. The van der Waals surface area contributed by atoms with Crippen molar-refractivity contribution in [3.63, 3.8) is 0 Å². The van der Waals surface area contributed by atoms with E-state index in [2.05, 4.69) is 15.2 Å². The van der Waals surface area contributed by atoms with E-state index in [4.69, 9.17) is 4.42 Å². The standard InChI is InChI=1S/C16H14F2N4O2/c17-14(18)16-21-20-15(24-16)12-5-8-22(13(23)9-12)7-2-4-11-3-1-6-19-10-11/h1,3,5-6,8-10,14H,2,4,7H2. The van der Waals surface area contributed by atoms with Crippen LogP contribution in [-0.2, 0) is 13.0 Å². The fraction of sp³-hybridized carbons (Fsp3) is 0.250. The minimum Gasteiger partial charge on any atom is -0.415 e. The van der Waals surface area contributed by atoms with Crippen molar-refractivity contribution in [1.29, 1.82) is 0 Å². The minimum absolute atomic E-state index is 0.0927. The first-order chi connectivity index (χ1) is 11.6. The van der Waals surface area contributed by atoms with Crippen LogP contribution in [0.15, 0.2) is 52.1 Å². The second-order valence-electron chi connectivity index (χ2n) is 5.16. The van der Waals surface area contributed by atoms with E-state index in [1.54, 1.807) is 29.2 Å². The number of pyridine rings is 2. The lowest BCUT2D eigenvalue weighted by molar-refractivity contribution is 0.116. The van der Waals surface area contributed by atoms with E-state index < -0.39 is 12.3 Å². The Morgan fingerprint density at radius 1 is 1.25 bits per heavy atom. The molecule has 0 N–H and O–H groups in total. The molecule has 0 radical (unpaired) electrons.